The Labute approximate surface area is 195 Å². The van der Waals surface area contributed by atoms with E-state index in [1.165, 1.54) is 6.42 Å². The van der Waals surface area contributed by atoms with Gasteiger partial charge in [-0.3, -0.25) is 14.6 Å². The van der Waals surface area contributed by atoms with E-state index in [0.29, 0.717) is 19.7 Å². The normalized spacial score (nSPS) is 19.9. The van der Waals surface area contributed by atoms with E-state index >= 15 is 0 Å². The minimum Gasteiger partial charge on any atom is -0.493 e. The van der Waals surface area contributed by atoms with Crippen molar-refractivity contribution in [3.63, 3.8) is 0 Å². The van der Waals surface area contributed by atoms with Gasteiger partial charge in [0.15, 0.2) is 0 Å². The molecule has 7 nitrogen and oxygen atoms in total. The molecule has 2 fully saturated rings. The number of nitrogens with zero attached hydrogens (tertiary/aromatic N) is 3. The molecule has 2 aromatic rings. The third-order valence-electron chi connectivity index (χ3n) is 6.40. The van der Waals surface area contributed by atoms with Gasteiger partial charge in [0.1, 0.15) is 5.75 Å². The van der Waals surface area contributed by atoms with Crippen molar-refractivity contribution in [2.75, 3.05) is 26.2 Å². The molecule has 0 radical (unpaired) electrons. The molecule has 1 aliphatic heterocycles. The third kappa shape index (κ3) is 6.78. The molecule has 0 unspecified atom stereocenters. The van der Waals surface area contributed by atoms with E-state index in [4.69, 9.17) is 9.47 Å². The second-order valence-electron chi connectivity index (χ2n) is 8.81. The Bertz CT molecular complexity index is 887. The molecule has 0 spiro atoms. The minimum atomic E-state index is -0.231. The topological polar surface area (TPSA) is 72.0 Å². The molecule has 1 aromatic carbocycles. The monoisotopic (exact) mass is 451 g/mol. The van der Waals surface area contributed by atoms with Crippen LogP contribution >= 0.6 is 0 Å². The smallest absolute Gasteiger partial charge is 0.242 e. The molecule has 33 heavy (non-hydrogen) atoms. The lowest BCUT2D eigenvalue weighted by molar-refractivity contribution is -0.140. The minimum absolute atomic E-state index is 0.0224. The second-order valence-corrected chi connectivity index (χ2v) is 8.81. The highest BCUT2D eigenvalue weighted by Crippen LogP contribution is 2.25. The lowest BCUT2D eigenvalue weighted by atomic mass is 9.94. The van der Waals surface area contributed by atoms with E-state index in [-0.39, 0.29) is 43.5 Å². The molecule has 0 bridgehead atoms. The van der Waals surface area contributed by atoms with Gasteiger partial charge in [-0.1, -0.05) is 37.5 Å². The fourth-order valence-electron chi connectivity index (χ4n) is 4.61. The maximum atomic E-state index is 13.2. The van der Waals surface area contributed by atoms with Gasteiger partial charge >= 0.3 is 0 Å². The van der Waals surface area contributed by atoms with Crippen molar-refractivity contribution in [2.45, 2.75) is 57.3 Å². The van der Waals surface area contributed by atoms with Crippen LogP contribution in [0.5, 0.6) is 5.75 Å². The van der Waals surface area contributed by atoms with E-state index in [2.05, 4.69) is 4.98 Å². The molecule has 1 aliphatic carbocycles. The number of benzene rings is 1. The van der Waals surface area contributed by atoms with Crippen LogP contribution < -0.4 is 4.74 Å². The second kappa shape index (κ2) is 11.8. The molecule has 1 aromatic heterocycles. The van der Waals surface area contributed by atoms with Crippen molar-refractivity contribution in [1.82, 2.24) is 14.8 Å². The zero-order valence-electron chi connectivity index (χ0n) is 19.1. The fraction of sp³-hybridized carbons (Fsp3) is 0.500. The zero-order valence-corrected chi connectivity index (χ0v) is 19.1. The molecule has 176 valence electrons. The van der Waals surface area contributed by atoms with Crippen molar-refractivity contribution in [3.05, 3.63) is 60.4 Å². The number of carbonyl (C=O) groups is 2. The number of amides is 2. The number of aromatic nitrogens is 1. The van der Waals surface area contributed by atoms with Gasteiger partial charge in [-0.15, -0.1) is 0 Å². The van der Waals surface area contributed by atoms with Crippen molar-refractivity contribution >= 4 is 11.8 Å². The summed E-state index contributed by atoms with van der Waals surface area (Å²) in [5, 5.41) is 0. The van der Waals surface area contributed by atoms with Crippen LogP contribution in [0.2, 0.25) is 0 Å². The molecule has 2 heterocycles. The summed E-state index contributed by atoms with van der Waals surface area (Å²) >= 11 is 0. The molecular formula is C26H33N3O4. The van der Waals surface area contributed by atoms with Crippen LogP contribution in [0.3, 0.4) is 0 Å². The first-order valence-corrected chi connectivity index (χ1v) is 11.9. The average molecular weight is 452 g/mol. The highest BCUT2D eigenvalue weighted by atomic mass is 16.5. The first kappa shape index (κ1) is 23.2. The molecule has 0 N–H and O–H groups in total. The van der Waals surface area contributed by atoms with Crippen molar-refractivity contribution in [3.8, 4) is 5.75 Å². The van der Waals surface area contributed by atoms with Gasteiger partial charge in [-0.2, -0.15) is 0 Å². The predicted molar refractivity (Wildman–Crippen MR) is 125 cm³/mol. The van der Waals surface area contributed by atoms with Crippen molar-refractivity contribution in [1.29, 1.82) is 0 Å². The van der Waals surface area contributed by atoms with Crippen molar-refractivity contribution < 1.29 is 19.1 Å². The number of rotatable bonds is 8. The zero-order chi connectivity index (χ0) is 22.9. The summed E-state index contributed by atoms with van der Waals surface area (Å²) in [4.78, 5) is 33.9. The summed E-state index contributed by atoms with van der Waals surface area (Å²) in [6, 6.07) is 13.5. The van der Waals surface area contributed by atoms with E-state index in [1.807, 2.05) is 47.4 Å². The molecule has 1 saturated carbocycles. The Balaban J connectivity index is 1.40. The number of pyridine rings is 1. The lowest BCUT2D eigenvalue weighted by Gasteiger charge is -2.34. The van der Waals surface area contributed by atoms with Gasteiger partial charge in [0.05, 0.1) is 32.3 Å². The summed E-state index contributed by atoms with van der Waals surface area (Å²) in [7, 11) is 0. The lowest BCUT2D eigenvalue weighted by Crippen LogP contribution is -2.46. The maximum Gasteiger partial charge on any atom is 0.242 e. The Morgan fingerprint density at radius 2 is 1.76 bits per heavy atom. The first-order chi connectivity index (χ1) is 16.2. The number of ether oxygens (including phenoxy) is 2. The highest BCUT2D eigenvalue weighted by Gasteiger charge is 2.34. The molecule has 1 atom stereocenters. The van der Waals surface area contributed by atoms with Crippen LogP contribution in [0.15, 0.2) is 54.9 Å². The van der Waals surface area contributed by atoms with Crippen molar-refractivity contribution in [2.24, 2.45) is 0 Å². The Kier molecular flexibility index (Phi) is 8.30. The van der Waals surface area contributed by atoms with Crippen LogP contribution in [0.25, 0.3) is 0 Å². The van der Waals surface area contributed by atoms with Crippen LogP contribution in [0.1, 0.15) is 44.1 Å². The highest BCUT2D eigenvalue weighted by molar-refractivity contribution is 5.85. The summed E-state index contributed by atoms with van der Waals surface area (Å²) < 4.78 is 11.9. The Morgan fingerprint density at radius 1 is 1.00 bits per heavy atom. The summed E-state index contributed by atoms with van der Waals surface area (Å²) in [5.74, 6) is 0.677. The first-order valence-electron chi connectivity index (χ1n) is 11.9. The largest absolute Gasteiger partial charge is 0.493 e. The third-order valence-corrected chi connectivity index (χ3v) is 6.40. The number of hydrogen-bond acceptors (Lipinski definition) is 5. The van der Waals surface area contributed by atoms with Crippen LogP contribution in [0.4, 0.5) is 0 Å². The van der Waals surface area contributed by atoms with E-state index in [1.54, 1.807) is 17.3 Å². The van der Waals surface area contributed by atoms with Gasteiger partial charge in [0, 0.05) is 31.5 Å². The van der Waals surface area contributed by atoms with Gasteiger partial charge in [0.25, 0.3) is 0 Å². The van der Waals surface area contributed by atoms with Crippen LogP contribution in [-0.2, 0) is 20.9 Å². The van der Waals surface area contributed by atoms with Crippen LogP contribution in [-0.4, -0.2) is 65.0 Å². The van der Waals surface area contributed by atoms with Crippen LogP contribution in [0, 0.1) is 0 Å². The van der Waals surface area contributed by atoms with E-state index < -0.39 is 0 Å². The average Bonchev–Trinajstić information content (AvgIpc) is 3.03. The fourth-order valence-corrected chi connectivity index (χ4v) is 4.61. The van der Waals surface area contributed by atoms with Gasteiger partial charge < -0.3 is 19.3 Å². The number of carbonyl (C=O) groups excluding carboxylic acids is 2. The Hall–Kier alpha value is -2.93. The van der Waals surface area contributed by atoms with Gasteiger partial charge in [-0.05, 0) is 42.7 Å². The predicted octanol–water partition coefficient (Wildman–Crippen LogP) is 3.44. The molecular weight excluding hydrogens is 418 g/mol. The number of hydrogen-bond donors (Lipinski definition) is 0. The molecule has 7 heteroatoms. The quantitative estimate of drug-likeness (QED) is 0.615. The van der Waals surface area contributed by atoms with E-state index in [0.717, 1.165) is 37.0 Å². The van der Waals surface area contributed by atoms with E-state index in [9.17, 15) is 9.59 Å². The maximum absolute atomic E-state index is 13.2. The molecule has 1 saturated heterocycles. The summed E-state index contributed by atoms with van der Waals surface area (Å²) in [5.41, 5.74) is 1.03. The molecule has 2 aliphatic rings. The number of para-hydroxylation sites is 1. The Morgan fingerprint density at radius 3 is 2.52 bits per heavy atom. The standard InChI is InChI=1S/C26H33N3O4/c30-25(13-16-32-23-9-5-2-6-10-23)28-17-24(33-20-21-11-14-27-15-12-21)18-29(26(31)19-28)22-7-3-1-4-8-22/h2,5-6,9-12,14-15,22,24H,1,3-4,7-8,13,16-20H2/t24-/m0/s1. The summed E-state index contributed by atoms with van der Waals surface area (Å²) in [6.45, 7) is 1.75. The summed E-state index contributed by atoms with van der Waals surface area (Å²) in [6.07, 6.45) is 9.06. The molecule has 4 rings (SSSR count). The molecule has 2 amide bonds. The van der Waals surface area contributed by atoms with Gasteiger partial charge in [0.2, 0.25) is 11.8 Å². The SMILES string of the molecule is O=C(CCOc1ccccc1)N1CC(=O)N(C2CCCCC2)C[C@@H](OCc2ccncc2)C1. The van der Waals surface area contributed by atoms with Gasteiger partial charge in [-0.25, -0.2) is 0 Å².